The summed E-state index contributed by atoms with van der Waals surface area (Å²) < 4.78 is 65.6. The van der Waals surface area contributed by atoms with Crippen LogP contribution in [0.25, 0.3) is 0 Å². The highest BCUT2D eigenvalue weighted by molar-refractivity contribution is 5.94. The number of hydrogen-bond donors (Lipinski definition) is 0. The maximum atomic E-state index is 13.8. The lowest BCUT2D eigenvalue weighted by Gasteiger charge is -2.36. The fraction of sp³-hybridized carbons (Fsp3) is 0.600. The van der Waals surface area contributed by atoms with Gasteiger partial charge in [0, 0.05) is 31.6 Å². The number of carbonyl (C=O) groups excluding carboxylic acids is 2. The van der Waals surface area contributed by atoms with E-state index in [-0.39, 0.29) is 38.0 Å². The second-order valence-corrected chi connectivity index (χ2v) is 8.56. The van der Waals surface area contributed by atoms with Crippen LogP contribution in [0.15, 0.2) is 18.2 Å². The number of piperidine rings is 1. The Morgan fingerprint density at radius 2 is 1.66 bits per heavy atom. The van der Waals surface area contributed by atoms with Crippen LogP contribution in [0.2, 0.25) is 0 Å². The second kappa shape index (κ2) is 8.67. The summed E-state index contributed by atoms with van der Waals surface area (Å²) in [6.07, 6.45) is -4.13. The molecule has 162 valence electrons. The highest BCUT2D eigenvalue weighted by Crippen LogP contribution is 2.27. The van der Waals surface area contributed by atoms with Gasteiger partial charge in [-0.25, -0.2) is 8.78 Å². The summed E-state index contributed by atoms with van der Waals surface area (Å²) in [6.45, 7) is 4.13. The van der Waals surface area contributed by atoms with Gasteiger partial charge in [-0.15, -0.1) is 0 Å². The van der Waals surface area contributed by atoms with Crippen molar-refractivity contribution in [1.29, 1.82) is 0 Å². The lowest BCUT2D eigenvalue weighted by molar-refractivity contribution is -0.166. The molecular formula is C20H25F5N2O2. The Labute approximate surface area is 166 Å². The van der Waals surface area contributed by atoms with E-state index in [1.54, 1.807) is 20.8 Å². The summed E-state index contributed by atoms with van der Waals surface area (Å²) in [5.74, 6) is -3.63. The number of amides is 2. The van der Waals surface area contributed by atoms with E-state index >= 15 is 0 Å². The Morgan fingerprint density at radius 1 is 1.07 bits per heavy atom. The molecule has 1 fully saturated rings. The minimum absolute atomic E-state index is 0.0364. The van der Waals surface area contributed by atoms with Crippen LogP contribution in [0.5, 0.6) is 0 Å². The molecule has 1 aliphatic heterocycles. The zero-order valence-electron chi connectivity index (χ0n) is 16.7. The number of carbonyl (C=O) groups is 2. The molecule has 1 saturated heterocycles. The molecule has 1 heterocycles. The molecule has 0 radical (unpaired) electrons. The molecule has 1 aromatic rings. The molecule has 9 heteroatoms. The first-order valence-corrected chi connectivity index (χ1v) is 9.37. The van der Waals surface area contributed by atoms with Crippen molar-refractivity contribution in [2.24, 2.45) is 11.3 Å². The number of benzene rings is 1. The molecule has 4 nitrogen and oxygen atoms in total. The average Bonchev–Trinajstić information content (AvgIpc) is 2.58. The molecular weight excluding hydrogens is 395 g/mol. The minimum Gasteiger partial charge on any atom is -0.339 e. The smallest absolute Gasteiger partial charge is 0.339 e. The Kier molecular flexibility index (Phi) is 6.90. The number of rotatable bonds is 4. The Morgan fingerprint density at radius 3 is 2.14 bits per heavy atom. The fourth-order valence-corrected chi connectivity index (χ4v) is 3.42. The van der Waals surface area contributed by atoms with Gasteiger partial charge in [0.2, 0.25) is 5.91 Å². The summed E-state index contributed by atoms with van der Waals surface area (Å²) in [4.78, 5) is 27.3. The largest absolute Gasteiger partial charge is 0.406 e. The third-order valence-electron chi connectivity index (χ3n) is 4.64. The lowest BCUT2D eigenvalue weighted by Crippen LogP contribution is -2.49. The van der Waals surface area contributed by atoms with E-state index < -0.39 is 47.5 Å². The van der Waals surface area contributed by atoms with E-state index in [1.165, 1.54) is 4.90 Å². The second-order valence-electron chi connectivity index (χ2n) is 8.56. The number of nitrogens with zero attached hydrogens (tertiary/aromatic N) is 2. The van der Waals surface area contributed by atoms with Gasteiger partial charge in [-0.1, -0.05) is 20.8 Å². The Bertz CT molecular complexity index is 734. The van der Waals surface area contributed by atoms with Crippen molar-refractivity contribution in [2.75, 3.05) is 26.2 Å². The molecule has 1 aliphatic rings. The van der Waals surface area contributed by atoms with E-state index in [2.05, 4.69) is 0 Å². The lowest BCUT2D eigenvalue weighted by atomic mass is 9.92. The zero-order valence-corrected chi connectivity index (χ0v) is 16.7. The van der Waals surface area contributed by atoms with Crippen LogP contribution in [-0.4, -0.2) is 54.0 Å². The summed E-state index contributed by atoms with van der Waals surface area (Å²) in [5.41, 5.74) is -0.778. The van der Waals surface area contributed by atoms with Gasteiger partial charge < -0.3 is 9.80 Å². The van der Waals surface area contributed by atoms with Crippen LogP contribution in [0.1, 0.15) is 44.0 Å². The molecule has 0 aromatic heterocycles. The number of likely N-dealkylation sites (tertiary alicyclic amines) is 1. The van der Waals surface area contributed by atoms with Crippen molar-refractivity contribution in [2.45, 2.75) is 39.8 Å². The van der Waals surface area contributed by atoms with Crippen molar-refractivity contribution in [1.82, 2.24) is 9.80 Å². The third kappa shape index (κ3) is 6.68. The van der Waals surface area contributed by atoms with Crippen LogP contribution in [0, 0.1) is 23.0 Å². The number of halogens is 5. The van der Waals surface area contributed by atoms with Crippen molar-refractivity contribution in [3.63, 3.8) is 0 Å². The van der Waals surface area contributed by atoms with Gasteiger partial charge in [0.15, 0.2) is 0 Å². The predicted molar refractivity (Wildman–Crippen MR) is 97.1 cm³/mol. The van der Waals surface area contributed by atoms with Crippen LogP contribution >= 0.6 is 0 Å². The van der Waals surface area contributed by atoms with E-state index in [4.69, 9.17) is 0 Å². The summed E-state index contributed by atoms with van der Waals surface area (Å²) >= 11 is 0. The summed E-state index contributed by atoms with van der Waals surface area (Å²) in [7, 11) is 0. The first kappa shape index (κ1) is 23.1. The molecule has 29 heavy (non-hydrogen) atoms. The molecule has 0 N–H and O–H groups in total. The van der Waals surface area contributed by atoms with Gasteiger partial charge >= 0.3 is 6.18 Å². The molecule has 2 amide bonds. The monoisotopic (exact) mass is 420 g/mol. The molecule has 2 rings (SSSR count). The van der Waals surface area contributed by atoms with Gasteiger partial charge in [0.05, 0.1) is 5.56 Å². The first-order chi connectivity index (χ1) is 13.3. The number of hydrogen-bond acceptors (Lipinski definition) is 2. The topological polar surface area (TPSA) is 40.6 Å². The van der Waals surface area contributed by atoms with Crippen LogP contribution < -0.4 is 0 Å². The molecule has 1 aromatic carbocycles. The molecule has 0 atom stereocenters. The highest BCUT2D eigenvalue weighted by Gasteiger charge is 2.38. The summed E-state index contributed by atoms with van der Waals surface area (Å²) in [6, 6.07) is 2.65. The molecule has 0 bridgehead atoms. The summed E-state index contributed by atoms with van der Waals surface area (Å²) in [5, 5.41) is 0. The van der Waals surface area contributed by atoms with Crippen molar-refractivity contribution >= 4 is 11.8 Å². The Hall–Kier alpha value is -2.19. The predicted octanol–water partition coefficient (Wildman–Crippen LogP) is 4.25. The van der Waals surface area contributed by atoms with Gasteiger partial charge in [-0.3, -0.25) is 9.59 Å². The maximum Gasteiger partial charge on any atom is 0.406 e. The van der Waals surface area contributed by atoms with E-state index in [0.717, 1.165) is 17.0 Å². The molecule has 0 saturated carbocycles. The van der Waals surface area contributed by atoms with Gasteiger partial charge in [0.1, 0.15) is 18.2 Å². The minimum atomic E-state index is -4.50. The normalized spacial score (nSPS) is 16.1. The van der Waals surface area contributed by atoms with E-state index in [0.29, 0.717) is 6.07 Å². The highest BCUT2D eigenvalue weighted by atomic mass is 19.4. The van der Waals surface area contributed by atoms with Gasteiger partial charge in [-0.05, 0) is 30.4 Å². The van der Waals surface area contributed by atoms with Gasteiger partial charge in [-0.2, -0.15) is 13.2 Å². The van der Waals surface area contributed by atoms with E-state index in [9.17, 15) is 31.5 Å². The van der Waals surface area contributed by atoms with Crippen molar-refractivity contribution < 1.29 is 31.5 Å². The SMILES string of the molecule is CC(C)(C)CN(CC(F)(F)F)C(=O)C1CCN(C(=O)c2ccc(F)cc2F)CC1. The van der Waals surface area contributed by atoms with Crippen LogP contribution in [0.4, 0.5) is 22.0 Å². The Balaban J connectivity index is 2.04. The molecule has 0 unspecified atom stereocenters. The van der Waals surface area contributed by atoms with Crippen molar-refractivity contribution in [3.05, 3.63) is 35.4 Å². The fourth-order valence-electron chi connectivity index (χ4n) is 3.42. The van der Waals surface area contributed by atoms with Crippen LogP contribution in [0.3, 0.4) is 0 Å². The molecule has 0 spiro atoms. The quantitative estimate of drug-likeness (QED) is 0.684. The standard InChI is InChI=1S/C20H25F5N2O2/c1-19(2,3)11-27(12-20(23,24)25)17(28)13-6-8-26(9-7-13)18(29)15-5-4-14(21)10-16(15)22/h4-5,10,13H,6-9,11-12H2,1-3H3. The zero-order chi connectivity index (χ0) is 22.0. The van der Waals surface area contributed by atoms with Crippen molar-refractivity contribution in [3.8, 4) is 0 Å². The van der Waals surface area contributed by atoms with Gasteiger partial charge in [0.25, 0.3) is 5.91 Å². The van der Waals surface area contributed by atoms with E-state index in [1.807, 2.05) is 0 Å². The number of alkyl halides is 3. The molecule has 0 aliphatic carbocycles. The van der Waals surface area contributed by atoms with Crippen LogP contribution in [-0.2, 0) is 4.79 Å². The maximum absolute atomic E-state index is 13.8. The average molecular weight is 420 g/mol. The first-order valence-electron chi connectivity index (χ1n) is 9.37. The third-order valence-corrected chi connectivity index (χ3v) is 4.64.